The number of primary amides is 1. The van der Waals surface area contributed by atoms with Crippen LogP contribution in [0.4, 0.5) is 29.2 Å². The summed E-state index contributed by atoms with van der Waals surface area (Å²) < 4.78 is 66.7. The van der Waals surface area contributed by atoms with Gasteiger partial charge in [-0.2, -0.15) is 0 Å². The second-order valence-corrected chi connectivity index (χ2v) is 12.1. The maximum Gasteiger partial charge on any atom is 0.264 e. The molecule has 242 valence electrons. The molecular weight excluding hydrogens is 594 g/mol. The van der Waals surface area contributed by atoms with Crippen molar-refractivity contribution in [2.24, 2.45) is 11.7 Å². The number of hydrogen-bond acceptors (Lipinski definition) is 8. The number of ether oxygens (including phenoxy) is 1. The number of carbonyl (C=O) groups is 1. The van der Waals surface area contributed by atoms with Crippen LogP contribution in [0.2, 0.25) is 0 Å². The molecule has 5 rings (SSSR count). The Morgan fingerprint density at radius 1 is 1.04 bits per heavy atom. The highest BCUT2D eigenvalue weighted by Gasteiger charge is 2.33. The van der Waals surface area contributed by atoms with Gasteiger partial charge >= 0.3 is 0 Å². The molecule has 10 nitrogen and oxygen atoms in total. The van der Waals surface area contributed by atoms with Crippen LogP contribution in [-0.4, -0.2) is 83.4 Å². The molecule has 45 heavy (non-hydrogen) atoms. The number of rotatable bonds is 7. The highest BCUT2D eigenvalue weighted by molar-refractivity contribution is 5.94. The third-order valence-electron chi connectivity index (χ3n) is 8.75. The second-order valence-electron chi connectivity index (χ2n) is 12.1. The first-order chi connectivity index (χ1) is 21.3. The van der Waals surface area contributed by atoms with E-state index >= 15 is 8.78 Å². The first kappa shape index (κ1) is 32.4. The third-order valence-corrected chi connectivity index (χ3v) is 8.75. The standard InChI is InChI=1S/C31H37F4N7O3/c1-16(2)24-15-40(6-7-45-24)31-37-10-19(11-38-31)26-22(32)9-23(41-12-17(3)39(5)18(4)13-41)28(27(26)33)42-14-21(30(36)44)20(29(34)35)8-25(42)43/h8-11,14,16-18,24,29H,6-7,12-13,15H2,1-5H3,(H2,36,44)/t17-,18+,24?. The van der Waals surface area contributed by atoms with Crippen molar-refractivity contribution in [1.29, 1.82) is 0 Å². The maximum atomic E-state index is 16.8. The van der Waals surface area contributed by atoms with Crippen LogP contribution in [0, 0.1) is 17.6 Å². The van der Waals surface area contributed by atoms with Crippen LogP contribution in [0.1, 0.15) is 50.0 Å². The molecule has 1 aromatic carbocycles. The van der Waals surface area contributed by atoms with E-state index in [0.29, 0.717) is 44.8 Å². The van der Waals surface area contributed by atoms with Crippen LogP contribution >= 0.6 is 0 Å². The van der Waals surface area contributed by atoms with Gasteiger partial charge in [-0.25, -0.2) is 27.5 Å². The average molecular weight is 632 g/mol. The molecule has 0 radical (unpaired) electrons. The van der Waals surface area contributed by atoms with Crippen LogP contribution in [0.5, 0.6) is 0 Å². The monoisotopic (exact) mass is 631 g/mol. The van der Waals surface area contributed by atoms with Gasteiger partial charge in [-0.1, -0.05) is 13.8 Å². The summed E-state index contributed by atoms with van der Waals surface area (Å²) in [4.78, 5) is 40.0. The molecule has 4 heterocycles. The molecule has 14 heteroatoms. The van der Waals surface area contributed by atoms with E-state index in [1.165, 1.54) is 12.4 Å². The Morgan fingerprint density at radius 2 is 1.69 bits per heavy atom. The number of nitrogens with two attached hydrogens (primary N) is 1. The zero-order valence-corrected chi connectivity index (χ0v) is 25.8. The predicted octanol–water partition coefficient (Wildman–Crippen LogP) is 4.00. The summed E-state index contributed by atoms with van der Waals surface area (Å²) in [6, 6.07) is 1.61. The number of likely N-dealkylation sites (N-methyl/N-ethyl adjacent to an activating group) is 1. The fourth-order valence-corrected chi connectivity index (χ4v) is 5.91. The number of anilines is 2. The number of hydrogen-bond donors (Lipinski definition) is 1. The minimum Gasteiger partial charge on any atom is -0.374 e. The van der Waals surface area contributed by atoms with Crippen LogP contribution in [0.25, 0.3) is 16.8 Å². The largest absolute Gasteiger partial charge is 0.374 e. The number of amides is 1. The Kier molecular flexibility index (Phi) is 9.17. The first-order valence-electron chi connectivity index (χ1n) is 14.8. The minimum atomic E-state index is -3.18. The van der Waals surface area contributed by atoms with E-state index in [2.05, 4.69) is 14.9 Å². The lowest BCUT2D eigenvalue weighted by molar-refractivity contribution is 0.0109. The van der Waals surface area contributed by atoms with Gasteiger partial charge in [-0.15, -0.1) is 0 Å². The van der Waals surface area contributed by atoms with Gasteiger partial charge in [-0.05, 0) is 26.8 Å². The summed E-state index contributed by atoms with van der Waals surface area (Å²) in [7, 11) is 1.94. The maximum absolute atomic E-state index is 16.8. The zero-order valence-electron chi connectivity index (χ0n) is 25.8. The van der Waals surface area contributed by atoms with Gasteiger partial charge in [0.25, 0.3) is 17.9 Å². The fraction of sp³-hybridized carbons (Fsp3) is 0.484. The van der Waals surface area contributed by atoms with E-state index in [0.717, 1.165) is 16.8 Å². The molecule has 2 fully saturated rings. The van der Waals surface area contributed by atoms with E-state index < -0.39 is 51.9 Å². The molecule has 1 amide bonds. The molecule has 2 N–H and O–H groups in total. The lowest BCUT2D eigenvalue weighted by atomic mass is 10.0. The van der Waals surface area contributed by atoms with Gasteiger partial charge in [0.05, 0.1) is 29.5 Å². The van der Waals surface area contributed by atoms with Gasteiger partial charge in [-0.3, -0.25) is 19.1 Å². The van der Waals surface area contributed by atoms with E-state index in [4.69, 9.17) is 10.5 Å². The SMILES string of the molecule is CC(C)C1CN(c2ncc(-c3c(F)cc(N4C[C@@H](C)N(C)[C@@H](C)C4)c(-n4cc(C(N)=O)c(C(F)F)cc4=O)c3F)cn2)CCO1. The van der Waals surface area contributed by atoms with Gasteiger partial charge in [0, 0.05) is 80.1 Å². The number of nitrogens with zero attached hydrogens (tertiary/aromatic N) is 6. The van der Waals surface area contributed by atoms with Gasteiger partial charge < -0.3 is 20.3 Å². The fourth-order valence-electron chi connectivity index (χ4n) is 5.91. The Labute approximate surface area is 258 Å². The number of halogens is 4. The molecule has 3 atom stereocenters. The summed E-state index contributed by atoms with van der Waals surface area (Å²) in [5.74, 6) is -2.66. The molecule has 0 bridgehead atoms. The van der Waals surface area contributed by atoms with E-state index in [1.54, 1.807) is 4.90 Å². The first-order valence-corrected chi connectivity index (χ1v) is 14.8. The van der Waals surface area contributed by atoms with Crippen molar-refractivity contribution >= 4 is 17.5 Å². The van der Waals surface area contributed by atoms with E-state index in [-0.39, 0.29) is 35.4 Å². The Bertz CT molecular complexity index is 1620. The smallest absolute Gasteiger partial charge is 0.264 e. The third kappa shape index (κ3) is 6.25. The molecule has 0 aliphatic carbocycles. The quantitative estimate of drug-likeness (QED) is 0.390. The van der Waals surface area contributed by atoms with Crippen molar-refractivity contribution in [1.82, 2.24) is 19.4 Å². The average Bonchev–Trinajstić information content (AvgIpc) is 2.99. The number of benzene rings is 1. The van der Waals surface area contributed by atoms with Crippen LogP contribution < -0.4 is 21.1 Å². The molecule has 2 aliphatic heterocycles. The summed E-state index contributed by atoms with van der Waals surface area (Å²) in [6.07, 6.45) is 0.184. The van der Waals surface area contributed by atoms with Gasteiger partial charge in [0.2, 0.25) is 5.95 Å². The van der Waals surface area contributed by atoms with Crippen LogP contribution in [0.3, 0.4) is 0 Å². The molecule has 0 saturated carbocycles. The summed E-state index contributed by atoms with van der Waals surface area (Å²) in [6.45, 7) is 10.3. The van der Waals surface area contributed by atoms with Crippen LogP contribution in [-0.2, 0) is 4.74 Å². The molecule has 0 spiro atoms. The van der Waals surface area contributed by atoms with Crippen molar-refractivity contribution < 1.29 is 27.1 Å². The summed E-state index contributed by atoms with van der Waals surface area (Å²) in [5.41, 5.74) is 1.92. The Morgan fingerprint density at radius 3 is 2.27 bits per heavy atom. The molecule has 3 aromatic rings. The highest BCUT2D eigenvalue weighted by Crippen LogP contribution is 2.38. The highest BCUT2D eigenvalue weighted by atomic mass is 19.3. The van der Waals surface area contributed by atoms with Crippen molar-refractivity contribution in [2.45, 2.75) is 52.3 Å². The molecule has 2 aliphatic rings. The number of aromatic nitrogens is 3. The number of morpholine rings is 1. The Balaban J connectivity index is 1.66. The molecule has 1 unspecified atom stereocenters. The predicted molar refractivity (Wildman–Crippen MR) is 162 cm³/mol. The summed E-state index contributed by atoms with van der Waals surface area (Å²) >= 11 is 0. The molecular formula is C31H37F4N7O3. The molecule has 2 saturated heterocycles. The number of alkyl halides is 2. The molecule has 2 aromatic heterocycles. The van der Waals surface area contributed by atoms with Gasteiger partial charge in [0.15, 0.2) is 5.82 Å². The normalized spacial score (nSPS) is 21.2. The van der Waals surface area contributed by atoms with E-state index in [1.807, 2.05) is 39.6 Å². The lowest BCUT2D eigenvalue weighted by Crippen LogP contribution is -2.55. The van der Waals surface area contributed by atoms with Crippen molar-refractivity contribution in [3.63, 3.8) is 0 Å². The zero-order chi connectivity index (χ0) is 32.7. The lowest BCUT2D eigenvalue weighted by Gasteiger charge is -2.44. The minimum absolute atomic E-state index is 0.00251. The van der Waals surface area contributed by atoms with Crippen molar-refractivity contribution in [3.8, 4) is 16.8 Å². The topological polar surface area (TPSA) is 110 Å². The summed E-state index contributed by atoms with van der Waals surface area (Å²) in [5, 5.41) is 0. The number of pyridine rings is 1. The van der Waals surface area contributed by atoms with Crippen LogP contribution in [0.15, 0.2) is 35.5 Å². The van der Waals surface area contributed by atoms with Crippen molar-refractivity contribution in [2.75, 3.05) is 49.6 Å². The number of piperazine rings is 1. The van der Waals surface area contributed by atoms with Gasteiger partial charge in [0.1, 0.15) is 11.5 Å². The number of carbonyl (C=O) groups excluding carboxylic acids is 1. The van der Waals surface area contributed by atoms with E-state index in [9.17, 15) is 18.4 Å². The Hall–Kier alpha value is -4.04. The van der Waals surface area contributed by atoms with Crippen molar-refractivity contribution in [3.05, 3.63) is 63.8 Å². The second kappa shape index (κ2) is 12.8.